The highest BCUT2D eigenvalue weighted by atomic mass is 32.2. The highest BCUT2D eigenvalue weighted by molar-refractivity contribution is 7.99. The zero-order valence-electron chi connectivity index (χ0n) is 10.3. The molecule has 0 radical (unpaired) electrons. The second-order valence-electron chi connectivity index (χ2n) is 3.77. The van der Waals surface area contributed by atoms with Gasteiger partial charge in [0.1, 0.15) is 11.9 Å². The summed E-state index contributed by atoms with van der Waals surface area (Å²) in [6.45, 7) is 1.16. The first-order valence-electron chi connectivity index (χ1n) is 5.38. The number of hydrogen-bond donors (Lipinski definition) is 2. The van der Waals surface area contributed by atoms with Gasteiger partial charge in [-0.25, -0.2) is 9.18 Å². The van der Waals surface area contributed by atoms with E-state index in [9.17, 15) is 24.1 Å². The Bertz CT molecular complexity index is 552. The van der Waals surface area contributed by atoms with Crippen LogP contribution in [-0.2, 0) is 9.59 Å². The van der Waals surface area contributed by atoms with E-state index in [0.29, 0.717) is 0 Å². The largest absolute Gasteiger partial charge is 0.480 e. The molecule has 108 valence electrons. The zero-order chi connectivity index (χ0) is 15.3. The molecule has 1 atom stereocenters. The summed E-state index contributed by atoms with van der Waals surface area (Å²) < 4.78 is 13.1. The van der Waals surface area contributed by atoms with Crippen LogP contribution in [0.1, 0.15) is 6.92 Å². The second kappa shape index (κ2) is 6.85. The smallest absolute Gasteiger partial charge is 0.327 e. The van der Waals surface area contributed by atoms with Gasteiger partial charge >= 0.3 is 5.97 Å². The Kier molecular flexibility index (Phi) is 5.44. The Morgan fingerprint density at radius 3 is 2.70 bits per heavy atom. The molecule has 1 aromatic carbocycles. The minimum atomic E-state index is -1.27. The molecule has 7 nitrogen and oxygen atoms in total. The van der Waals surface area contributed by atoms with Crippen LogP contribution in [0.4, 0.5) is 10.1 Å². The van der Waals surface area contributed by atoms with Crippen molar-refractivity contribution in [2.24, 2.45) is 0 Å². The maximum atomic E-state index is 13.1. The molecular weight excluding hydrogens is 291 g/mol. The fraction of sp³-hybridized carbons (Fsp3) is 0.273. The molecule has 0 fully saturated rings. The Labute approximate surface area is 117 Å². The lowest BCUT2D eigenvalue weighted by Crippen LogP contribution is -2.41. The number of halogens is 1. The number of carboxylic acids is 1. The molecule has 0 heterocycles. The Balaban J connectivity index is 2.87. The van der Waals surface area contributed by atoms with Crippen LogP contribution >= 0.6 is 11.8 Å². The third kappa shape index (κ3) is 4.50. The zero-order valence-corrected chi connectivity index (χ0v) is 11.1. The molecule has 2 N–H and O–H groups in total. The summed E-state index contributed by atoms with van der Waals surface area (Å²) in [7, 11) is 0. The summed E-state index contributed by atoms with van der Waals surface area (Å²) >= 11 is 0.791. The first-order valence-corrected chi connectivity index (χ1v) is 6.36. The van der Waals surface area contributed by atoms with E-state index in [2.05, 4.69) is 5.32 Å². The number of rotatable bonds is 6. The number of carbonyl (C=O) groups excluding carboxylic acids is 1. The van der Waals surface area contributed by atoms with E-state index in [1.807, 2.05) is 0 Å². The minimum Gasteiger partial charge on any atom is -0.480 e. The highest BCUT2D eigenvalue weighted by Crippen LogP contribution is 2.30. The van der Waals surface area contributed by atoms with Gasteiger partial charge in [0.15, 0.2) is 0 Å². The van der Waals surface area contributed by atoms with Crippen molar-refractivity contribution in [3.8, 4) is 0 Å². The van der Waals surface area contributed by atoms with Crippen LogP contribution in [0.15, 0.2) is 23.1 Å². The molecule has 0 saturated carbocycles. The molecule has 0 spiro atoms. The quantitative estimate of drug-likeness (QED) is 0.467. The fourth-order valence-corrected chi connectivity index (χ4v) is 2.41. The van der Waals surface area contributed by atoms with Gasteiger partial charge in [-0.2, -0.15) is 0 Å². The molecule has 1 rings (SSSR count). The van der Waals surface area contributed by atoms with Gasteiger partial charge in [-0.3, -0.25) is 14.9 Å². The van der Waals surface area contributed by atoms with E-state index in [0.717, 1.165) is 36.9 Å². The van der Waals surface area contributed by atoms with Crippen LogP contribution in [0.25, 0.3) is 0 Å². The minimum absolute atomic E-state index is 0.00611. The van der Waals surface area contributed by atoms with Crippen molar-refractivity contribution in [3.05, 3.63) is 34.1 Å². The lowest BCUT2D eigenvalue weighted by Gasteiger charge is -2.12. The molecule has 0 bridgehead atoms. The van der Waals surface area contributed by atoms with E-state index in [1.54, 1.807) is 0 Å². The molecule has 20 heavy (non-hydrogen) atoms. The van der Waals surface area contributed by atoms with Crippen LogP contribution in [0.5, 0.6) is 0 Å². The van der Waals surface area contributed by atoms with E-state index in [1.165, 1.54) is 0 Å². The Morgan fingerprint density at radius 1 is 1.55 bits per heavy atom. The van der Waals surface area contributed by atoms with Crippen molar-refractivity contribution in [1.82, 2.24) is 5.32 Å². The summed E-state index contributed by atoms with van der Waals surface area (Å²) in [5, 5.41) is 21.9. The van der Waals surface area contributed by atoms with Gasteiger partial charge in [-0.1, -0.05) is 0 Å². The number of hydrogen-bond acceptors (Lipinski definition) is 5. The van der Waals surface area contributed by atoms with E-state index < -0.39 is 28.7 Å². The third-order valence-corrected chi connectivity index (χ3v) is 3.34. The summed E-state index contributed by atoms with van der Waals surface area (Å²) in [5.74, 6) is -2.62. The average molecular weight is 302 g/mol. The number of amides is 1. The average Bonchev–Trinajstić information content (AvgIpc) is 2.33. The molecule has 9 heteroatoms. The Morgan fingerprint density at radius 2 is 2.20 bits per heavy atom. The van der Waals surface area contributed by atoms with Crippen molar-refractivity contribution in [1.29, 1.82) is 0 Å². The van der Waals surface area contributed by atoms with Crippen molar-refractivity contribution in [2.75, 3.05) is 5.75 Å². The number of nitro benzene ring substituents is 1. The summed E-state index contributed by atoms with van der Waals surface area (Å²) in [4.78, 5) is 31.8. The van der Waals surface area contributed by atoms with Crippen LogP contribution in [0.3, 0.4) is 0 Å². The molecule has 0 unspecified atom stereocenters. The number of carboxylic acid groups (broad SMARTS) is 1. The first kappa shape index (κ1) is 15.9. The molecule has 0 saturated heterocycles. The number of aliphatic carboxylic acids is 1. The third-order valence-electron chi connectivity index (χ3n) is 2.20. The molecule has 0 aromatic heterocycles. The van der Waals surface area contributed by atoms with Crippen LogP contribution in [0.2, 0.25) is 0 Å². The van der Waals surface area contributed by atoms with Gasteiger partial charge in [0, 0.05) is 18.7 Å². The van der Waals surface area contributed by atoms with Gasteiger partial charge in [0.05, 0.1) is 9.82 Å². The Hall–Kier alpha value is -2.16. The number of carbonyl (C=O) groups is 2. The molecule has 0 aliphatic rings. The van der Waals surface area contributed by atoms with Crippen molar-refractivity contribution >= 4 is 29.3 Å². The fourth-order valence-electron chi connectivity index (χ4n) is 1.35. The van der Waals surface area contributed by atoms with E-state index >= 15 is 0 Å². The maximum absolute atomic E-state index is 13.1. The van der Waals surface area contributed by atoms with Crippen LogP contribution < -0.4 is 5.32 Å². The predicted octanol–water partition coefficient (Wildman–Crippen LogP) is 1.42. The second-order valence-corrected chi connectivity index (χ2v) is 4.83. The van der Waals surface area contributed by atoms with Crippen molar-refractivity contribution < 1.29 is 24.0 Å². The maximum Gasteiger partial charge on any atom is 0.327 e. The number of nitrogens with zero attached hydrogens (tertiary/aromatic N) is 1. The number of nitrogens with one attached hydrogen (secondary N) is 1. The van der Waals surface area contributed by atoms with Gasteiger partial charge in [0.25, 0.3) is 5.69 Å². The van der Waals surface area contributed by atoms with Crippen molar-refractivity contribution in [2.45, 2.75) is 17.9 Å². The molecule has 1 amide bonds. The van der Waals surface area contributed by atoms with Crippen LogP contribution in [-0.4, -0.2) is 33.7 Å². The van der Waals surface area contributed by atoms with Gasteiger partial charge in [-0.15, -0.1) is 11.8 Å². The van der Waals surface area contributed by atoms with E-state index in [4.69, 9.17) is 5.11 Å². The summed E-state index contributed by atoms with van der Waals surface area (Å²) in [5.41, 5.74) is -0.316. The normalized spacial score (nSPS) is 11.7. The van der Waals surface area contributed by atoms with Gasteiger partial charge in [-0.05, 0) is 12.1 Å². The topological polar surface area (TPSA) is 110 Å². The summed E-state index contributed by atoms with van der Waals surface area (Å²) in [6, 6.07) is 1.70. The molecular formula is C11H11FN2O5S. The monoisotopic (exact) mass is 302 g/mol. The first-order chi connectivity index (χ1) is 9.31. The lowest BCUT2D eigenvalue weighted by atomic mass is 10.3. The number of thioether (sulfide) groups is 1. The van der Waals surface area contributed by atoms with Gasteiger partial charge in [0.2, 0.25) is 5.91 Å². The molecule has 0 aliphatic heterocycles. The lowest BCUT2D eigenvalue weighted by molar-refractivity contribution is -0.387. The SMILES string of the molecule is CC(=O)N[C@@H](CSc1cc(F)ccc1[N+](=O)[O-])C(=O)O. The molecule has 1 aromatic rings. The van der Waals surface area contributed by atoms with Gasteiger partial charge < -0.3 is 10.4 Å². The highest BCUT2D eigenvalue weighted by Gasteiger charge is 2.21. The number of nitro groups is 1. The van der Waals surface area contributed by atoms with E-state index in [-0.39, 0.29) is 16.3 Å². The summed E-state index contributed by atoms with van der Waals surface area (Å²) in [6.07, 6.45) is 0. The molecule has 0 aliphatic carbocycles. The standard InChI is InChI=1S/C11H11FN2O5S/c1-6(15)13-8(11(16)17)5-20-10-4-7(12)2-3-9(10)14(18)19/h2-4,8H,5H2,1H3,(H,13,15)(H,16,17)/t8-/m0/s1. The number of benzene rings is 1. The predicted molar refractivity (Wildman–Crippen MR) is 69.0 cm³/mol. The van der Waals surface area contributed by atoms with Crippen molar-refractivity contribution in [3.63, 3.8) is 0 Å². The van der Waals surface area contributed by atoms with Crippen LogP contribution in [0, 0.1) is 15.9 Å².